The van der Waals surface area contributed by atoms with E-state index in [1.165, 1.54) is 12.8 Å². The molecule has 9 unspecified atom stereocenters. The normalized spacial score (nSPS) is 67.8. The van der Waals surface area contributed by atoms with Gasteiger partial charge < -0.3 is 5.11 Å². The van der Waals surface area contributed by atoms with E-state index in [1.807, 2.05) is 0 Å². The zero-order valence-corrected chi connectivity index (χ0v) is 11.4. The Balaban J connectivity index is 1.76. The zero-order chi connectivity index (χ0) is 11.9. The van der Waals surface area contributed by atoms with Crippen molar-refractivity contribution in [3.05, 3.63) is 0 Å². The summed E-state index contributed by atoms with van der Waals surface area (Å²) in [4.78, 5) is 0. The molecule has 1 heteroatoms. The minimum Gasteiger partial charge on any atom is -0.390 e. The van der Waals surface area contributed by atoms with Crippen LogP contribution in [0, 0.1) is 47.3 Å². The third kappa shape index (κ3) is 1.03. The highest BCUT2D eigenvalue weighted by Gasteiger charge is 2.70. The molecule has 17 heavy (non-hydrogen) atoms. The van der Waals surface area contributed by atoms with Gasteiger partial charge in [-0.3, -0.25) is 0 Å². The fourth-order valence-corrected chi connectivity index (χ4v) is 7.05. The van der Waals surface area contributed by atoms with E-state index < -0.39 is 0 Å². The predicted molar refractivity (Wildman–Crippen MR) is 68.4 cm³/mol. The van der Waals surface area contributed by atoms with Crippen LogP contribution in [0.25, 0.3) is 0 Å². The number of aliphatic hydroxyl groups is 1. The Morgan fingerprint density at radius 1 is 1.00 bits per heavy atom. The van der Waals surface area contributed by atoms with Crippen LogP contribution in [0.3, 0.4) is 0 Å². The van der Waals surface area contributed by atoms with Crippen molar-refractivity contribution in [3.63, 3.8) is 0 Å². The van der Waals surface area contributed by atoms with Gasteiger partial charge >= 0.3 is 0 Å². The van der Waals surface area contributed by atoms with Crippen LogP contribution in [0.4, 0.5) is 0 Å². The zero-order valence-electron chi connectivity index (χ0n) is 11.4. The lowest BCUT2D eigenvalue weighted by Crippen LogP contribution is -2.44. The van der Waals surface area contributed by atoms with Crippen LogP contribution in [0.1, 0.15) is 46.5 Å². The molecular formula is C16H26O. The summed E-state index contributed by atoms with van der Waals surface area (Å²) in [5, 5.41) is 10.9. The van der Waals surface area contributed by atoms with Crippen LogP contribution >= 0.6 is 0 Å². The molecule has 0 aliphatic heterocycles. The van der Waals surface area contributed by atoms with E-state index in [0.717, 1.165) is 54.3 Å². The summed E-state index contributed by atoms with van der Waals surface area (Å²) in [6.07, 6.45) is 5.05. The lowest BCUT2D eigenvalue weighted by atomic mass is 9.65. The van der Waals surface area contributed by atoms with Crippen molar-refractivity contribution >= 4 is 0 Å². The highest BCUT2D eigenvalue weighted by molar-refractivity contribution is 5.18. The third-order valence-corrected chi connectivity index (χ3v) is 7.59. The second-order valence-electron chi connectivity index (χ2n) is 7.63. The number of rotatable bonds is 1. The Morgan fingerprint density at radius 3 is 2.29 bits per heavy atom. The molecule has 9 atom stereocenters. The van der Waals surface area contributed by atoms with Crippen LogP contribution in [0.2, 0.25) is 0 Å². The van der Waals surface area contributed by atoms with Gasteiger partial charge in [0.05, 0.1) is 5.60 Å². The SMILES string of the molecule is CCC1(O)CC2C(C)C1C1C3CCC(C3C)C21. The monoisotopic (exact) mass is 234 g/mol. The van der Waals surface area contributed by atoms with Crippen molar-refractivity contribution in [1.82, 2.24) is 0 Å². The Bertz CT molecular complexity index is 351. The van der Waals surface area contributed by atoms with E-state index in [0.29, 0.717) is 5.92 Å². The van der Waals surface area contributed by atoms with E-state index in [2.05, 4.69) is 20.8 Å². The largest absolute Gasteiger partial charge is 0.390 e. The molecular weight excluding hydrogens is 208 g/mol. The summed E-state index contributed by atoms with van der Waals surface area (Å²) in [7, 11) is 0. The molecule has 0 aromatic carbocycles. The topological polar surface area (TPSA) is 20.2 Å². The van der Waals surface area contributed by atoms with Crippen LogP contribution < -0.4 is 0 Å². The quantitative estimate of drug-likeness (QED) is 0.690. The number of hydrogen-bond donors (Lipinski definition) is 1. The van der Waals surface area contributed by atoms with Crippen molar-refractivity contribution in [1.29, 1.82) is 0 Å². The summed E-state index contributed by atoms with van der Waals surface area (Å²) in [6.45, 7) is 7.13. The smallest absolute Gasteiger partial charge is 0.0681 e. The van der Waals surface area contributed by atoms with E-state index in [-0.39, 0.29) is 5.60 Å². The van der Waals surface area contributed by atoms with Gasteiger partial charge in [-0.15, -0.1) is 0 Å². The first-order chi connectivity index (χ1) is 8.08. The Hall–Kier alpha value is -0.0400. The van der Waals surface area contributed by atoms with E-state index in [1.54, 1.807) is 0 Å². The summed E-state index contributed by atoms with van der Waals surface area (Å²) >= 11 is 0. The standard InChI is InChI=1S/C16H26O/c1-4-16(17)7-12-9(3)15(16)14-11-6-5-10(8(11)2)13(12)14/h8-15,17H,4-7H2,1-3H3. The predicted octanol–water partition coefficient (Wildman–Crippen LogP) is 3.32. The minimum atomic E-state index is -0.296. The molecule has 4 aliphatic carbocycles. The van der Waals surface area contributed by atoms with Crippen molar-refractivity contribution in [2.75, 3.05) is 0 Å². The summed E-state index contributed by atoms with van der Waals surface area (Å²) in [5.74, 6) is 7.11. The maximum atomic E-state index is 10.9. The van der Waals surface area contributed by atoms with Crippen molar-refractivity contribution in [2.24, 2.45) is 47.3 Å². The first kappa shape index (κ1) is 10.8. The number of hydrogen-bond acceptors (Lipinski definition) is 1. The summed E-state index contributed by atoms with van der Waals surface area (Å²) in [6, 6.07) is 0. The number of fused-ring (bicyclic) bond motifs is 9. The molecule has 1 N–H and O–H groups in total. The fraction of sp³-hybridized carbons (Fsp3) is 1.00. The van der Waals surface area contributed by atoms with Crippen molar-refractivity contribution in [2.45, 2.75) is 52.1 Å². The van der Waals surface area contributed by atoms with Crippen LogP contribution in [0.5, 0.6) is 0 Å². The van der Waals surface area contributed by atoms with Crippen molar-refractivity contribution < 1.29 is 5.11 Å². The van der Waals surface area contributed by atoms with Gasteiger partial charge in [0.25, 0.3) is 0 Å². The first-order valence-corrected chi connectivity index (χ1v) is 7.81. The fourth-order valence-electron chi connectivity index (χ4n) is 7.05. The molecule has 4 saturated carbocycles. The molecule has 0 amide bonds. The third-order valence-electron chi connectivity index (χ3n) is 7.59. The molecule has 96 valence electrons. The maximum absolute atomic E-state index is 10.9. The molecule has 0 heterocycles. The summed E-state index contributed by atoms with van der Waals surface area (Å²) in [5.41, 5.74) is -0.296. The minimum absolute atomic E-state index is 0.296. The molecule has 0 aromatic rings. The van der Waals surface area contributed by atoms with E-state index in [9.17, 15) is 5.11 Å². The Morgan fingerprint density at radius 2 is 1.65 bits per heavy atom. The van der Waals surface area contributed by atoms with Gasteiger partial charge in [-0.25, -0.2) is 0 Å². The molecule has 0 saturated heterocycles. The molecule has 0 aromatic heterocycles. The van der Waals surface area contributed by atoms with Gasteiger partial charge in [-0.1, -0.05) is 20.8 Å². The molecule has 4 bridgehead atoms. The van der Waals surface area contributed by atoms with Gasteiger partial charge in [0, 0.05) is 0 Å². The van der Waals surface area contributed by atoms with Gasteiger partial charge in [0.1, 0.15) is 0 Å². The Labute approximate surface area is 105 Å². The second-order valence-corrected chi connectivity index (χ2v) is 7.63. The van der Waals surface area contributed by atoms with Gasteiger partial charge in [0.15, 0.2) is 0 Å². The van der Waals surface area contributed by atoms with E-state index >= 15 is 0 Å². The molecule has 4 rings (SSSR count). The van der Waals surface area contributed by atoms with Gasteiger partial charge in [-0.05, 0) is 73.0 Å². The average molecular weight is 234 g/mol. The summed E-state index contributed by atoms with van der Waals surface area (Å²) < 4.78 is 0. The second kappa shape index (κ2) is 3.10. The van der Waals surface area contributed by atoms with E-state index in [4.69, 9.17) is 0 Å². The van der Waals surface area contributed by atoms with Gasteiger partial charge in [0.2, 0.25) is 0 Å². The maximum Gasteiger partial charge on any atom is 0.0681 e. The molecule has 1 nitrogen and oxygen atoms in total. The molecule has 4 fully saturated rings. The Kier molecular flexibility index (Phi) is 1.98. The lowest BCUT2D eigenvalue weighted by molar-refractivity contribution is -0.0694. The van der Waals surface area contributed by atoms with Gasteiger partial charge in [-0.2, -0.15) is 0 Å². The molecule has 0 spiro atoms. The average Bonchev–Trinajstić information content (AvgIpc) is 2.97. The van der Waals surface area contributed by atoms with Crippen molar-refractivity contribution in [3.8, 4) is 0 Å². The van der Waals surface area contributed by atoms with Crippen LogP contribution in [-0.2, 0) is 0 Å². The highest BCUT2D eigenvalue weighted by atomic mass is 16.3. The van der Waals surface area contributed by atoms with Crippen LogP contribution in [-0.4, -0.2) is 10.7 Å². The highest BCUT2D eigenvalue weighted by Crippen LogP contribution is 2.73. The molecule has 4 aliphatic rings. The molecule has 0 radical (unpaired) electrons. The first-order valence-electron chi connectivity index (χ1n) is 7.81. The van der Waals surface area contributed by atoms with Crippen LogP contribution in [0.15, 0.2) is 0 Å². The lowest BCUT2D eigenvalue weighted by Gasteiger charge is -2.43.